The minimum Gasteiger partial charge on any atom is -0.494 e. The van der Waals surface area contributed by atoms with Crippen LogP contribution in [0, 0.1) is 0 Å². The van der Waals surface area contributed by atoms with Gasteiger partial charge >= 0.3 is 6.09 Å². The van der Waals surface area contributed by atoms with Crippen molar-refractivity contribution in [2.24, 2.45) is 0 Å². The summed E-state index contributed by atoms with van der Waals surface area (Å²) in [7, 11) is 1.20. The molecule has 2 aromatic heterocycles. The fraction of sp³-hybridized carbons (Fsp3) is 0.424. The van der Waals surface area contributed by atoms with E-state index < -0.39 is 7.92 Å². The summed E-state index contributed by atoms with van der Waals surface area (Å²) < 4.78 is 12.0. The zero-order valence-electron chi connectivity index (χ0n) is 26.7. The number of aryl methyl sites for hydroxylation is 1. The molecule has 1 amide bonds. The van der Waals surface area contributed by atoms with Crippen LogP contribution in [0.4, 0.5) is 33.6 Å². The Bertz CT molecular complexity index is 1720. The van der Waals surface area contributed by atoms with E-state index in [-0.39, 0.29) is 12.1 Å². The largest absolute Gasteiger partial charge is 0.494 e. The number of carbonyl (C=O) groups is 1. The molecule has 0 atom stereocenters. The number of carbonyl (C=O) groups excluding carboxylic acids is 1. The van der Waals surface area contributed by atoms with Gasteiger partial charge in [0.05, 0.1) is 34.9 Å². The van der Waals surface area contributed by atoms with E-state index in [1.165, 1.54) is 5.56 Å². The molecule has 4 heterocycles. The van der Waals surface area contributed by atoms with Gasteiger partial charge in [0.2, 0.25) is 5.95 Å². The van der Waals surface area contributed by atoms with Gasteiger partial charge in [0, 0.05) is 67.0 Å². The van der Waals surface area contributed by atoms with E-state index in [4.69, 9.17) is 14.5 Å². The molecule has 2 aliphatic heterocycles. The standard InChI is InChI=1S/C33H40BrN8O3P/c1-5-21-18-26(28(44-2)19-27(21)41-15-10-22(11-16-41)42-14-6-7-17-45-33(42)43)39-32-37-20-23(34)31(40-32)38-25-9-8-24-29(30(25)46(3)4)36-13-12-35-24/h8-9,12-13,18-20,22H,5-7,10-11,14-17H2,1-4H3,(H2,37,38,39,40). The Hall–Kier alpha value is -3.76. The van der Waals surface area contributed by atoms with Crippen LogP contribution in [0.3, 0.4) is 0 Å². The van der Waals surface area contributed by atoms with E-state index in [0.717, 1.165) is 89.6 Å². The van der Waals surface area contributed by atoms with Crippen LogP contribution >= 0.6 is 23.9 Å². The molecule has 0 radical (unpaired) electrons. The van der Waals surface area contributed by atoms with Crippen LogP contribution in [0.15, 0.2) is 47.3 Å². The third-order valence-electron chi connectivity index (χ3n) is 8.59. The smallest absolute Gasteiger partial charge is 0.410 e. The minimum atomic E-state index is -0.483. The molecule has 0 unspecified atom stereocenters. The van der Waals surface area contributed by atoms with Crippen LogP contribution in [-0.2, 0) is 11.2 Å². The summed E-state index contributed by atoms with van der Waals surface area (Å²) in [4.78, 5) is 35.4. The first-order valence-corrected chi connectivity index (χ1v) is 18.8. The lowest BCUT2D eigenvalue weighted by Crippen LogP contribution is -2.47. The molecule has 242 valence electrons. The first kappa shape index (κ1) is 32.2. The van der Waals surface area contributed by atoms with E-state index in [1.807, 2.05) is 17.0 Å². The molecule has 2 aliphatic rings. The lowest BCUT2D eigenvalue weighted by Gasteiger charge is -2.39. The summed E-state index contributed by atoms with van der Waals surface area (Å²) in [6.45, 7) is 9.61. The number of nitrogens with zero attached hydrogens (tertiary/aromatic N) is 6. The van der Waals surface area contributed by atoms with Crippen LogP contribution in [0.1, 0.15) is 38.2 Å². The zero-order valence-corrected chi connectivity index (χ0v) is 29.2. The number of hydrogen-bond donors (Lipinski definition) is 2. The molecular formula is C33H40BrN8O3P. The van der Waals surface area contributed by atoms with E-state index in [1.54, 1.807) is 25.7 Å². The molecule has 11 nitrogen and oxygen atoms in total. The van der Waals surface area contributed by atoms with Crippen LogP contribution in [0.2, 0.25) is 0 Å². The van der Waals surface area contributed by atoms with Gasteiger partial charge in [0.15, 0.2) is 0 Å². The second kappa shape index (κ2) is 14.3. The molecule has 2 N–H and O–H groups in total. The molecule has 4 aromatic rings. The van der Waals surface area contributed by atoms with Crippen molar-refractivity contribution in [3.63, 3.8) is 0 Å². The van der Waals surface area contributed by atoms with E-state index in [9.17, 15) is 4.79 Å². The van der Waals surface area contributed by atoms with Crippen LogP contribution in [0.5, 0.6) is 5.75 Å². The van der Waals surface area contributed by atoms with Crippen molar-refractivity contribution in [3.8, 4) is 5.75 Å². The van der Waals surface area contributed by atoms with Gasteiger partial charge in [-0.2, -0.15) is 4.98 Å². The average Bonchev–Trinajstić information content (AvgIpc) is 3.29. The van der Waals surface area contributed by atoms with Gasteiger partial charge in [0.1, 0.15) is 11.6 Å². The Kier molecular flexibility index (Phi) is 10.0. The summed E-state index contributed by atoms with van der Waals surface area (Å²) in [5, 5.41) is 8.06. The number of fused-ring (bicyclic) bond motifs is 1. The van der Waals surface area contributed by atoms with Crippen LogP contribution < -0.4 is 25.6 Å². The quantitative estimate of drug-likeness (QED) is 0.180. The summed E-state index contributed by atoms with van der Waals surface area (Å²) in [5.41, 5.74) is 5.87. The fourth-order valence-electron chi connectivity index (χ4n) is 6.26. The third-order valence-corrected chi connectivity index (χ3v) is 10.5. The molecule has 0 bridgehead atoms. The van der Waals surface area contributed by atoms with Crippen molar-refractivity contribution in [2.75, 3.05) is 62.2 Å². The number of halogens is 1. The highest BCUT2D eigenvalue weighted by atomic mass is 79.9. The molecule has 0 aliphatic carbocycles. The first-order chi connectivity index (χ1) is 22.4. The van der Waals surface area contributed by atoms with Crippen molar-refractivity contribution in [2.45, 2.75) is 45.1 Å². The highest BCUT2D eigenvalue weighted by molar-refractivity contribution is 9.10. The maximum absolute atomic E-state index is 12.5. The number of hydrogen-bond acceptors (Lipinski definition) is 10. The number of cyclic esters (lactones) is 1. The number of methoxy groups -OCH3 is 1. The Morgan fingerprint density at radius 1 is 1.04 bits per heavy atom. The van der Waals surface area contributed by atoms with Gasteiger partial charge in [-0.05, 0) is 85.1 Å². The first-order valence-electron chi connectivity index (χ1n) is 15.7. The van der Waals surface area contributed by atoms with Crippen molar-refractivity contribution in [3.05, 3.63) is 52.9 Å². The lowest BCUT2D eigenvalue weighted by molar-refractivity contribution is 0.0946. The maximum Gasteiger partial charge on any atom is 0.410 e. The number of nitrogens with one attached hydrogen (secondary N) is 2. The van der Waals surface area contributed by atoms with Gasteiger partial charge in [-0.3, -0.25) is 9.97 Å². The number of rotatable bonds is 9. The minimum absolute atomic E-state index is 0.163. The summed E-state index contributed by atoms with van der Waals surface area (Å²) >= 11 is 3.63. The Morgan fingerprint density at radius 3 is 2.61 bits per heavy atom. The van der Waals surface area contributed by atoms with Crippen LogP contribution in [0.25, 0.3) is 11.0 Å². The van der Waals surface area contributed by atoms with Gasteiger partial charge < -0.3 is 29.9 Å². The maximum atomic E-state index is 12.5. The number of amides is 1. The molecule has 0 spiro atoms. The number of ether oxygens (including phenoxy) is 2. The zero-order chi connectivity index (χ0) is 32.2. The van der Waals surface area contributed by atoms with Crippen molar-refractivity contribution in [1.82, 2.24) is 24.8 Å². The lowest BCUT2D eigenvalue weighted by atomic mass is 10.00. The summed E-state index contributed by atoms with van der Waals surface area (Å²) in [5.74, 6) is 1.80. The number of piperidine rings is 1. The second-order valence-corrected chi connectivity index (χ2v) is 14.8. The molecule has 2 aromatic carbocycles. The Balaban J connectivity index is 1.22. The summed E-state index contributed by atoms with van der Waals surface area (Å²) in [6, 6.07) is 8.46. The average molecular weight is 708 g/mol. The second-order valence-electron chi connectivity index (χ2n) is 11.7. The molecule has 46 heavy (non-hydrogen) atoms. The monoisotopic (exact) mass is 706 g/mol. The van der Waals surface area contributed by atoms with Crippen LogP contribution in [-0.4, -0.2) is 83.7 Å². The molecule has 6 rings (SSSR count). The number of benzene rings is 2. The van der Waals surface area contributed by atoms with Gasteiger partial charge in [-0.25, -0.2) is 9.78 Å². The highest BCUT2D eigenvalue weighted by Gasteiger charge is 2.31. The molecule has 2 fully saturated rings. The predicted octanol–water partition coefficient (Wildman–Crippen LogP) is 6.81. The van der Waals surface area contributed by atoms with E-state index in [0.29, 0.717) is 24.1 Å². The fourth-order valence-corrected chi connectivity index (χ4v) is 7.76. The van der Waals surface area contributed by atoms with Gasteiger partial charge in [0.25, 0.3) is 0 Å². The molecule has 2 saturated heterocycles. The highest BCUT2D eigenvalue weighted by Crippen LogP contribution is 2.38. The van der Waals surface area contributed by atoms with E-state index in [2.05, 4.69) is 78.8 Å². The normalized spacial score (nSPS) is 16.0. The van der Waals surface area contributed by atoms with Gasteiger partial charge in [-0.1, -0.05) is 14.8 Å². The molecular weight excluding hydrogens is 667 g/mol. The summed E-state index contributed by atoms with van der Waals surface area (Å²) in [6.07, 6.45) is 9.63. The number of anilines is 5. The Labute approximate surface area is 279 Å². The SMILES string of the molecule is CCc1cc(Nc2ncc(Br)c(Nc3ccc4nccnc4c3P(C)C)n2)c(OC)cc1N1CCC(N2CCCCOC2=O)CC1. The van der Waals surface area contributed by atoms with Gasteiger partial charge in [-0.15, -0.1) is 0 Å². The van der Waals surface area contributed by atoms with E-state index >= 15 is 0 Å². The van der Waals surface area contributed by atoms with Crippen molar-refractivity contribution in [1.29, 1.82) is 0 Å². The molecule has 0 saturated carbocycles. The van der Waals surface area contributed by atoms with Crippen molar-refractivity contribution < 1.29 is 14.3 Å². The van der Waals surface area contributed by atoms with Crippen molar-refractivity contribution >= 4 is 75.1 Å². The molecule has 13 heteroatoms. The predicted molar refractivity (Wildman–Crippen MR) is 189 cm³/mol. The Morgan fingerprint density at radius 2 is 1.85 bits per heavy atom. The number of aromatic nitrogens is 4. The topological polar surface area (TPSA) is 118 Å². The third kappa shape index (κ3) is 6.83.